The summed E-state index contributed by atoms with van der Waals surface area (Å²) in [5, 5.41) is 3.59. The van der Waals surface area contributed by atoms with Crippen LogP contribution in [0, 0.1) is 0 Å². The van der Waals surface area contributed by atoms with E-state index < -0.39 is 0 Å². The van der Waals surface area contributed by atoms with Gasteiger partial charge in [-0.2, -0.15) is 0 Å². The Kier molecular flexibility index (Phi) is 4.15. The van der Waals surface area contributed by atoms with Crippen LogP contribution in [0.4, 0.5) is 4.79 Å². The summed E-state index contributed by atoms with van der Waals surface area (Å²) in [4.78, 5) is 16.7. The van der Waals surface area contributed by atoms with Crippen LogP contribution in [0.1, 0.15) is 31.4 Å². The molecule has 1 atom stereocenters. The zero-order valence-corrected chi connectivity index (χ0v) is 10.7. The number of likely N-dealkylation sites (tertiary alicyclic amines) is 1. The summed E-state index contributed by atoms with van der Waals surface area (Å²) < 4.78 is 0. The highest BCUT2D eigenvalue weighted by atomic mass is 16.2. The molecule has 1 aromatic heterocycles. The van der Waals surface area contributed by atoms with Gasteiger partial charge in [-0.05, 0) is 37.5 Å². The lowest BCUT2D eigenvalue weighted by Gasteiger charge is -2.33. The number of aromatic nitrogens is 1. The minimum atomic E-state index is -0.310. The second-order valence-electron chi connectivity index (χ2n) is 4.77. The van der Waals surface area contributed by atoms with Gasteiger partial charge in [-0.25, -0.2) is 4.79 Å². The molecule has 2 heterocycles. The second-order valence-corrected chi connectivity index (χ2v) is 4.77. The Morgan fingerprint density at radius 1 is 1.44 bits per heavy atom. The molecule has 1 saturated heterocycles. The van der Waals surface area contributed by atoms with Gasteiger partial charge in [0, 0.05) is 37.6 Å². The number of hydrogen-bond acceptors (Lipinski definition) is 3. The number of nitrogens with two attached hydrogens (primary N) is 1. The van der Waals surface area contributed by atoms with Gasteiger partial charge in [-0.3, -0.25) is 4.98 Å². The van der Waals surface area contributed by atoms with Crippen molar-refractivity contribution in [3.05, 3.63) is 30.1 Å². The highest BCUT2D eigenvalue weighted by molar-refractivity contribution is 5.72. The van der Waals surface area contributed by atoms with Crippen molar-refractivity contribution in [1.29, 1.82) is 0 Å². The third-order valence-corrected chi connectivity index (χ3v) is 3.50. The third-order valence-electron chi connectivity index (χ3n) is 3.50. The normalized spacial score (nSPS) is 18.6. The lowest BCUT2D eigenvalue weighted by molar-refractivity contribution is 0.183. The van der Waals surface area contributed by atoms with Crippen molar-refractivity contribution in [1.82, 2.24) is 15.2 Å². The molecule has 0 unspecified atom stereocenters. The van der Waals surface area contributed by atoms with Gasteiger partial charge in [0.1, 0.15) is 0 Å². The number of carbonyl (C=O) groups excluding carboxylic acids is 1. The summed E-state index contributed by atoms with van der Waals surface area (Å²) in [5.74, 6) is 0. The average Bonchev–Trinajstić information content (AvgIpc) is 2.40. The summed E-state index contributed by atoms with van der Waals surface area (Å²) in [6, 6.07) is 4.49. The minimum Gasteiger partial charge on any atom is -0.351 e. The molecule has 98 valence electrons. The second kappa shape index (κ2) is 5.82. The van der Waals surface area contributed by atoms with Crippen molar-refractivity contribution in [3.8, 4) is 0 Å². The molecule has 18 heavy (non-hydrogen) atoms. The van der Waals surface area contributed by atoms with E-state index in [-0.39, 0.29) is 6.03 Å². The predicted octanol–water partition coefficient (Wildman–Crippen LogP) is 1.28. The van der Waals surface area contributed by atoms with Crippen LogP contribution in [-0.2, 0) is 0 Å². The molecule has 5 heteroatoms. The smallest absolute Gasteiger partial charge is 0.314 e. The van der Waals surface area contributed by atoms with Crippen LogP contribution in [-0.4, -0.2) is 35.0 Å². The van der Waals surface area contributed by atoms with E-state index in [9.17, 15) is 4.79 Å². The first-order chi connectivity index (χ1) is 8.66. The number of carbonyl (C=O) groups is 1. The Bertz CT molecular complexity index is 387. The lowest BCUT2D eigenvalue weighted by Crippen LogP contribution is -2.47. The molecule has 3 N–H and O–H groups in total. The molecule has 1 fully saturated rings. The van der Waals surface area contributed by atoms with Crippen LogP contribution in [0.2, 0.25) is 0 Å². The SMILES string of the molecule is C[C@H](NC1CCN(C(N)=O)CC1)c1ccncc1. The number of amides is 2. The van der Waals surface area contributed by atoms with Gasteiger partial charge in [-0.1, -0.05) is 0 Å². The molecule has 0 spiro atoms. The topological polar surface area (TPSA) is 71.2 Å². The molecule has 2 rings (SSSR count). The van der Waals surface area contributed by atoms with Crippen LogP contribution in [0.25, 0.3) is 0 Å². The average molecular weight is 248 g/mol. The van der Waals surface area contributed by atoms with E-state index in [1.165, 1.54) is 5.56 Å². The van der Waals surface area contributed by atoms with Crippen molar-refractivity contribution in [3.63, 3.8) is 0 Å². The van der Waals surface area contributed by atoms with Crippen molar-refractivity contribution >= 4 is 6.03 Å². The predicted molar refractivity (Wildman–Crippen MR) is 70.0 cm³/mol. The molecule has 0 radical (unpaired) electrons. The van der Waals surface area contributed by atoms with E-state index in [0.29, 0.717) is 12.1 Å². The van der Waals surface area contributed by atoms with E-state index in [0.717, 1.165) is 25.9 Å². The maximum absolute atomic E-state index is 11.0. The Labute approximate surface area is 107 Å². The van der Waals surface area contributed by atoms with Crippen LogP contribution < -0.4 is 11.1 Å². The number of nitrogens with zero attached hydrogens (tertiary/aromatic N) is 2. The fourth-order valence-electron chi connectivity index (χ4n) is 2.37. The van der Waals surface area contributed by atoms with E-state index >= 15 is 0 Å². The highest BCUT2D eigenvalue weighted by Gasteiger charge is 2.22. The molecule has 5 nitrogen and oxygen atoms in total. The fraction of sp³-hybridized carbons (Fsp3) is 0.538. The molecule has 1 aromatic rings. The largest absolute Gasteiger partial charge is 0.351 e. The molecule has 2 amide bonds. The molecular weight excluding hydrogens is 228 g/mol. The highest BCUT2D eigenvalue weighted by Crippen LogP contribution is 2.16. The lowest BCUT2D eigenvalue weighted by atomic mass is 10.0. The van der Waals surface area contributed by atoms with Gasteiger partial charge in [0.2, 0.25) is 0 Å². The standard InChI is InChI=1S/C13H20N4O/c1-10(11-2-6-15-7-3-11)16-12-4-8-17(9-5-12)13(14)18/h2-3,6-7,10,12,16H,4-5,8-9H2,1H3,(H2,14,18)/t10-/m0/s1. The van der Waals surface area contributed by atoms with Gasteiger partial charge in [0.05, 0.1) is 0 Å². The van der Waals surface area contributed by atoms with E-state index in [1.807, 2.05) is 24.5 Å². The first kappa shape index (κ1) is 12.8. The zero-order chi connectivity index (χ0) is 13.0. The zero-order valence-electron chi connectivity index (χ0n) is 10.7. The maximum atomic E-state index is 11.0. The first-order valence-corrected chi connectivity index (χ1v) is 6.37. The molecule has 0 aromatic carbocycles. The summed E-state index contributed by atoms with van der Waals surface area (Å²) in [6.45, 7) is 3.64. The van der Waals surface area contributed by atoms with E-state index in [2.05, 4.69) is 17.2 Å². The minimum absolute atomic E-state index is 0.304. The van der Waals surface area contributed by atoms with Gasteiger partial charge >= 0.3 is 6.03 Å². The fourth-order valence-corrected chi connectivity index (χ4v) is 2.37. The molecule has 1 aliphatic rings. The molecule has 0 aliphatic carbocycles. The monoisotopic (exact) mass is 248 g/mol. The first-order valence-electron chi connectivity index (χ1n) is 6.37. The van der Waals surface area contributed by atoms with Gasteiger partial charge in [0.25, 0.3) is 0 Å². The molecular formula is C13H20N4O. The number of pyridine rings is 1. The number of rotatable bonds is 3. The van der Waals surface area contributed by atoms with Crippen LogP contribution in [0.15, 0.2) is 24.5 Å². The van der Waals surface area contributed by atoms with E-state index in [1.54, 1.807) is 4.90 Å². The van der Waals surface area contributed by atoms with Crippen molar-refractivity contribution < 1.29 is 4.79 Å². The number of urea groups is 1. The molecule has 0 bridgehead atoms. The van der Waals surface area contributed by atoms with Gasteiger partial charge in [0.15, 0.2) is 0 Å². The van der Waals surface area contributed by atoms with Crippen LogP contribution in [0.3, 0.4) is 0 Å². The van der Waals surface area contributed by atoms with Crippen molar-refractivity contribution in [2.75, 3.05) is 13.1 Å². The van der Waals surface area contributed by atoms with Crippen LogP contribution >= 0.6 is 0 Å². The van der Waals surface area contributed by atoms with Crippen LogP contribution in [0.5, 0.6) is 0 Å². The number of primary amides is 1. The summed E-state index contributed by atoms with van der Waals surface area (Å²) in [6.07, 6.45) is 5.53. The number of nitrogens with one attached hydrogen (secondary N) is 1. The quantitative estimate of drug-likeness (QED) is 0.846. The third kappa shape index (κ3) is 3.20. The van der Waals surface area contributed by atoms with Gasteiger partial charge < -0.3 is 16.0 Å². The summed E-state index contributed by atoms with van der Waals surface area (Å²) in [5.41, 5.74) is 6.50. The van der Waals surface area contributed by atoms with E-state index in [4.69, 9.17) is 5.73 Å². The van der Waals surface area contributed by atoms with Crippen molar-refractivity contribution in [2.24, 2.45) is 5.73 Å². The Morgan fingerprint density at radius 3 is 2.61 bits per heavy atom. The maximum Gasteiger partial charge on any atom is 0.314 e. The molecule has 0 saturated carbocycles. The number of piperidine rings is 1. The summed E-state index contributed by atoms with van der Waals surface area (Å²) >= 11 is 0. The molecule has 1 aliphatic heterocycles. The Balaban J connectivity index is 1.83. The Morgan fingerprint density at radius 2 is 2.06 bits per heavy atom. The number of hydrogen-bond donors (Lipinski definition) is 2. The van der Waals surface area contributed by atoms with Gasteiger partial charge in [-0.15, -0.1) is 0 Å². The Hall–Kier alpha value is -1.62. The summed E-state index contributed by atoms with van der Waals surface area (Å²) in [7, 11) is 0. The van der Waals surface area contributed by atoms with Crippen molar-refractivity contribution in [2.45, 2.75) is 31.8 Å².